The standard InChI is InChI=1S/C16H30NO7/c1-11(2)15(19)22-12(3)23-16(20)24-13(10-17(4,5)6)8-9-14(18)21-7/h11-13H,8-10H2,1-7H3/q+1. The van der Waals surface area contributed by atoms with Crippen molar-refractivity contribution in [2.45, 2.75) is 46.0 Å². The third kappa shape index (κ3) is 10.8. The molecule has 0 bridgehead atoms. The Labute approximate surface area is 143 Å². The highest BCUT2D eigenvalue weighted by atomic mass is 16.8. The normalized spacial score (nSPS) is 13.8. The monoisotopic (exact) mass is 348 g/mol. The van der Waals surface area contributed by atoms with Gasteiger partial charge in [0.05, 0.1) is 34.2 Å². The van der Waals surface area contributed by atoms with Crippen molar-refractivity contribution in [2.75, 3.05) is 34.8 Å². The summed E-state index contributed by atoms with van der Waals surface area (Å²) in [4.78, 5) is 34.6. The van der Waals surface area contributed by atoms with Crippen LogP contribution in [0.4, 0.5) is 4.79 Å². The maximum atomic E-state index is 11.9. The Kier molecular flexibility index (Phi) is 9.35. The molecule has 0 saturated heterocycles. The maximum Gasteiger partial charge on any atom is 0.511 e. The second-order valence-corrected chi connectivity index (χ2v) is 6.85. The molecule has 0 aliphatic heterocycles. The molecule has 0 aliphatic rings. The topological polar surface area (TPSA) is 88.1 Å². The highest BCUT2D eigenvalue weighted by molar-refractivity contribution is 5.71. The summed E-state index contributed by atoms with van der Waals surface area (Å²) < 4.78 is 20.3. The molecule has 0 amide bonds. The summed E-state index contributed by atoms with van der Waals surface area (Å²) in [6, 6.07) is 0. The number of hydrogen-bond donors (Lipinski definition) is 0. The molecule has 0 fully saturated rings. The van der Waals surface area contributed by atoms with E-state index in [4.69, 9.17) is 14.2 Å². The third-order valence-electron chi connectivity index (χ3n) is 2.93. The number of methoxy groups -OCH3 is 1. The summed E-state index contributed by atoms with van der Waals surface area (Å²) in [7, 11) is 7.11. The lowest BCUT2D eigenvalue weighted by molar-refractivity contribution is -0.873. The number of rotatable bonds is 9. The summed E-state index contributed by atoms with van der Waals surface area (Å²) in [5.74, 6) is -1.17. The first-order chi connectivity index (χ1) is 10.9. The van der Waals surface area contributed by atoms with Gasteiger partial charge >= 0.3 is 18.1 Å². The average molecular weight is 348 g/mol. The SMILES string of the molecule is COC(=O)CCC(C[N+](C)(C)C)OC(=O)OC(C)OC(=O)C(C)C. The molecule has 0 aromatic heterocycles. The summed E-state index contributed by atoms with van der Waals surface area (Å²) >= 11 is 0. The van der Waals surface area contributed by atoms with E-state index in [1.54, 1.807) is 13.8 Å². The van der Waals surface area contributed by atoms with Crippen molar-refractivity contribution in [3.05, 3.63) is 0 Å². The molecular formula is C16H30NO7+. The number of likely N-dealkylation sites (N-methyl/N-ethyl adjacent to an activating group) is 1. The zero-order valence-corrected chi connectivity index (χ0v) is 15.7. The Balaban J connectivity index is 4.56. The number of ether oxygens (including phenoxy) is 4. The molecule has 140 valence electrons. The van der Waals surface area contributed by atoms with Crippen molar-refractivity contribution >= 4 is 18.1 Å². The summed E-state index contributed by atoms with van der Waals surface area (Å²) in [6.07, 6.45) is -2.06. The second kappa shape index (κ2) is 10.1. The van der Waals surface area contributed by atoms with Gasteiger partial charge in [0.15, 0.2) is 6.10 Å². The molecule has 2 unspecified atom stereocenters. The second-order valence-electron chi connectivity index (χ2n) is 6.85. The fourth-order valence-corrected chi connectivity index (χ4v) is 1.80. The molecule has 24 heavy (non-hydrogen) atoms. The van der Waals surface area contributed by atoms with Gasteiger partial charge in [0, 0.05) is 19.8 Å². The van der Waals surface area contributed by atoms with E-state index in [0.717, 1.165) is 0 Å². The lowest BCUT2D eigenvalue weighted by Gasteiger charge is -2.28. The van der Waals surface area contributed by atoms with Crippen LogP contribution in [0.5, 0.6) is 0 Å². The average Bonchev–Trinajstić information content (AvgIpc) is 2.42. The Morgan fingerprint density at radius 2 is 1.54 bits per heavy atom. The highest BCUT2D eigenvalue weighted by Crippen LogP contribution is 2.11. The molecule has 2 atom stereocenters. The summed E-state index contributed by atoms with van der Waals surface area (Å²) in [5, 5.41) is 0. The van der Waals surface area contributed by atoms with Crippen LogP contribution in [0, 0.1) is 5.92 Å². The van der Waals surface area contributed by atoms with Crippen LogP contribution in [0.2, 0.25) is 0 Å². The largest absolute Gasteiger partial charge is 0.511 e. The first-order valence-electron chi connectivity index (χ1n) is 7.89. The first-order valence-corrected chi connectivity index (χ1v) is 7.89. The van der Waals surface area contributed by atoms with E-state index in [2.05, 4.69) is 4.74 Å². The van der Waals surface area contributed by atoms with E-state index in [-0.39, 0.29) is 18.3 Å². The van der Waals surface area contributed by atoms with Crippen LogP contribution in [-0.4, -0.2) is 69.8 Å². The molecule has 0 spiro atoms. The van der Waals surface area contributed by atoms with Gasteiger partial charge in [0.1, 0.15) is 6.54 Å². The summed E-state index contributed by atoms with van der Waals surface area (Å²) in [6.45, 7) is 5.28. The zero-order chi connectivity index (χ0) is 18.9. The smallest absolute Gasteiger partial charge is 0.469 e. The van der Waals surface area contributed by atoms with Crippen molar-refractivity contribution in [1.29, 1.82) is 0 Å². The predicted octanol–water partition coefficient (Wildman–Crippen LogP) is 1.71. The van der Waals surface area contributed by atoms with E-state index < -0.39 is 24.5 Å². The van der Waals surface area contributed by atoms with Crippen LogP contribution in [0.3, 0.4) is 0 Å². The van der Waals surface area contributed by atoms with Gasteiger partial charge < -0.3 is 23.4 Å². The number of esters is 2. The minimum atomic E-state index is -1.04. The number of carbonyl (C=O) groups excluding carboxylic acids is 3. The van der Waals surface area contributed by atoms with Crippen LogP contribution in [0.15, 0.2) is 0 Å². The van der Waals surface area contributed by atoms with Gasteiger partial charge in [-0.05, 0) is 0 Å². The Morgan fingerprint density at radius 3 is 2.00 bits per heavy atom. The molecule has 0 aromatic carbocycles. The predicted molar refractivity (Wildman–Crippen MR) is 85.9 cm³/mol. The van der Waals surface area contributed by atoms with Gasteiger partial charge in [0.25, 0.3) is 0 Å². The zero-order valence-electron chi connectivity index (χ0n) is 15.7. The van der Waals surface area contributed by atoms with Crippen LogP contribution in [0.1, 0.15) is 33.6 Å². The van der Waals surface area contributed by atoms with Crippen LogP contribution in [0.25, 0.3) is 0 Å². The maximum absolute atomic E-state index is 11.9. The first kappa shape index (κ1) is 22.2. The Hall–Kier alpha value is -1.83. The van der Waals surface area contributed by atoms with E-state index in [1.807, 2.05) is 21.1 Å². The molecule has 0 N–H and O–H groups in total. The van der Waals surface area contributed by atoms with E-state index >= 15 is 0 Å². The molecule has 0 rings (SSSR count). The van der Waals surface area contributed by atoms with Gasteiger partial charge in [-0.3, -0.25) is 9.59 Å². The van der Waals surface area contributed by atoms with Crippen molar-refractivity contribution in [1.82, 2.24) is 0 Å². The van der Waals surface area contributed by atoms with Crippen LogP contribution >= 0.6 is 0 Å². The fourth-order valence-electron chi connectivity index (χ4n) is 1.80. The minimum Gasteiger partial charge on any atom is -0.469 e. The molecule has 0 heterocycles. The van der Waals surface area contributed by atoms with Gasteiger partial charge in [-0.15, -0.1) is 0 Å². The molecule has 0 aromatic rings. The van der Waals surface area contributed by atoms with Crippen molar-refractivity contribution in [2.24, 2.45) is 5.92 Å². The number of hydrogen-bond acceptors (Lipinski definition) is 7. The number of quaternary nitrogens is 1. The Morgan fingerprint density at radius 1 is 0.958 bits per heavy atom. The van der Waals surface area contributed by atoms with Crippen LogP contribution in [-0.2, 0) is 28.5 Å². The lowest BCUT2D eigenvalue weighted by Crippen LogP contribution is -2.43. The Bertz CT molecular complexity index is 429. The van der Waals surface area contributed by atoms with Gasteiger partial charge in [-0.25, -0.2) is 4.79 Å². The van der Waals surface area contributed by atoms with Crippen LogP contribution < -0.4 is 0 Å². The third-order valence-corrected chi connectivity index (χ3v) is 2.93. The number of carbonyl (C=O) groups is 3. The molecular weight excluding hydrogens is 318 g/mol. The minimum absolute atomic E-state index is 0.131. The van der Waals surface area contributed by atoms with Gasteiger partial charge in [0.2, 0.25) is 6.29 Å². The van der Waals surface area contributed by atoms with Crippen molar-refractivity contribution < 1.29 is 37.8 Å². The quantitative estimate of drug-likeness (QED) is 0.271. The van der Waals surface area contributed by atoms with E-state index in [9.17, 15) is 14.4 Å². The van der Waals surface area contributed by atoms with E-state index in [0.29, 0.717) is 17.4 Å². The van der Waals surface area contributed by atoms with Gasteiger partial charge in [-0.2, -0.15) is 0 Å². The fraction of sp³-hybridized carbons (Fsp3) is 0.812. The van der Waals surface area contributed by atoms with Gasteiger partial charge in [-0.1, -0.05) is 13.8 Å². The molecule has 8 heteroatoms. The molecule has 0 radical (unpaired) electrons. The molecule has 0 saturated carbocycles. The molecule has 8 nitrogen and oxygen atoms in total. The molecule has 0 aliphatic carbocycles. The highest BCUT2D eigenvalue weighted by Gasteiger charge is 2.25. The van der Waals surface area contributed by atoms with Crippen molar-refractivity contribution in [3.8, 4) is 0 Å². The number of nitrogens with zero attached hydrogens (tertiary/aromatic N) is 1. The lowest BCUT2D eigenvalue weighted by atomic mass is 10.2. The van der Waals surface area contributed by atoms with E-state index in [1.165, 1.54) is 14.0 Å². The summed E-state index contributed by atoms with van der Waals surface area (Å²) in [5.41, 5.74) is 0. The van der Waals surface area contributed by atoms with Crippen molar-refractivity contribution in [3.63, 3.8) is 0 Å².